The summed E-state index contributed by atoms with van der Waals surface area (Å²) in [4.78, 5) is 0. The van der Waals surface area contributed by atoms with Crippen molar-refractivity contribution in [2.24, 2.45) is 0 Å². The van der Waals surface area contributed by atoms with Gasteiger partial charge in [-0.2, -0.15) is 0 Å². The van der Waals surface area contributed by atoms with Crippen LogP contribution < -0.4 is 5.32 Å². The highest BCUT2D eigenvalue weighted by molar-refractivity contribution is 7.90. The second kappa shape index (κ2) is 6.01. The first-order chi connectivity index (χ1) is 7.49. The number of benzene rings is 1. The van der Waals surface area contributed by atoms with Gasteiger partial charge in [0.1, 0.15) is 9.84 Å². The van der Waals surface area contributed by atoms with Crippen molar-refractivity contribution in [1.82, 2.24) is 5.32 Å². The Morgan fingerprint density at radius 3 is 2.44 bits per heavy atom. The second-order valence-electron chi connectivity index (χ2n) is 4.15. The molecule has 90 valence electrons. The van der Waals surface area contributed by atoms with Crippen molar-refractivity contribution in [3.05, 3.63) is 35.9 Å². The second-order valence-corrected chi connectivity index (χ2v) is 6.41. The van der Waals surface area contributed by atoms with Crippen molar-refractivity contribution in [2.45, 2.75) is 12.8 Å². The maximum absolute atomic E-state index is 10.9. The fourth-order valence-corrected chi connectivity index (χ4v) is 1.99. The zero-order valence-corrected chi connectivity index (χ0v) is 10.6. The zero-order valence-electron chi connectivity index (χ0n) is 9.81. The van der Waals surface area contributed by atoms with Gasteiger partial charge < -0.3 is 5.32 Å². The van der Waals surface area contributed by atoms with E-state index in [0.29, 0.717) is 12.5 Å². The smallest absolute Gasteiger partial charge is 0.148 e. The van der Waals surface area contributed by atoms with Crippen molar-refractivity contribution in [2.75, 3.05) is 25.1 Å². The molecule has 0 aromatic heterocycles. The summed E-state index contributed by atoms with van der Waals surface area (Å²) in [5, 5.41) is 3.16. The monoisotopic (exact) mass is 241 g/mol. The molecule has 3 nitrogen and oxygen atoms in total. The summed E-state index contributed by atoms with van der Waals surface area (Å²) >= 11 is 0. The van der Waals surface area contributed by atoms with Crippen molar-refractivity contribution in [3.8, 4) is 0 Å². The molecule has 0 saturated heterocycles. The average Bonchev–Trinajstić information content (AvgIpc) is 2.24. The van der Waals surface area contributed by atoms with Crippen LogP contribution in [0.4, 0.5) is 0 Å². The fraction of sp³-hybridized carbons (Fsp3) is 0.500. The number of rotatable bonds is 6. The molecule has 0 aliphatic heterocycles. The van der Waals surface area contributed by atoms with Gasteiger partial charge in [0.15, 0.2) is 0 Å². The van der Waals surface area contributed by atoms with E-state index in [1.807, 2.05) is 18.2 Å². The molecule has 0 bridgehead atoms. The highest BCUT2D eigenvalue weighted by atomic mass is 32.2. The van der Waals surface area contributed by atoms with Crippen molar-refractivity contribution in [3.63, 3.8) is 0 Å². The van der Waals surface area contributed by atoms with E-state index in [-0.39, 0.29) is 5.75 Å². The summed E-state index contributed by atoms with van der Waals surface area (Å²) in [5.74, 6) is 0.606. The minimum absolute atomic E-state index is 0.203. The molecule has 0 spiro atoms. The first-order valence-corrected chi connectivity index (χ1v) is 7.48. The maximum atomic E-state index is 10.9. The van der Waals surface area contributed by atoms with E-state index < -0.39 is 9.84 Å². The zero-order chi connectivity index (χ0) is 12.0. The highest BCUT2D eigenvalue weighted by Gasteiger charge is 2.05. The molecule has 1 N–H and O–H groups in total. The maximum Gasteiger partial charge on any atom is 0.148 e. The summed E-state index contributed by atoms with van der Waals surface area (Å²) in [6.45, 7) is 3.46. The first-order valence-electron chi connectivity index (χ1n) is 5.42. The molecule has 0 fully saturated rings. The third-order valence-electron chi connectivity index (χ3n) is 2.47. The molecule has 0 radical (unpaired) electrons. The topological polar surface area (TPSA) is 46.2 Å². The molecule has 1 aromatic rings. The van der Waals surface area contributed by atoms with Gasteiger partial charge in [0.25, 0.3) is 0 Å². The van der Waals surface area contributed by atoms with E-state index >= 15 is 0 Å². The molecule has 0 amide bonds. The first kappa shape index (κ1) is 13.2. The lowest BCUT2D eigenvalue weighted by Crippen LogP contribution is -2.26. The van der Waals surface area contributed by atoms with Crippen LogP contribution in [0.1, 0.15) is 18.4 Å². The van der Waals surface area contributed by atoms with Crippen molar-refractivity contribution in [1.29, 1.82) is 0 Å². The van der Waals surface area contributed by atoms with Crippen LogP contribution in [0.2, 0.25) is 0 Å². The SMILES string of the molecule is CC(CNCCS(C)(=O)=O)c1ccccc1. The van der Waals surface area contributed by atoms with Crippen LogP contribution in [0.25, 0.3) is 0 Å². The predicted octanol–water partition coefficient (Wildman–Crippen LogP) is 1.42. The third-order valence-corrected chi connectivity index (χ3v) is 3.41. The largest absolute Gasteiger partial charge is 0.315 e. The number of hydrogen-bond acceptors (Lipinski definition) is 3. The molecule has 0 aliphatic rings. The van der Waals surface area contributed by atoms with E-state index in [2.05, 4.69) is 24.4 Å². The Hall–Kier alpha value is -0.870. The van der Waals surface area contributed by atoms with Gasteiger partial charge in [0.2, 0.25) is 0 Å². The lowest BCUT2D eigenvalue weighted by Gasteiger charge is -2.12. The van der Waals surface area contributed by atoms with E-state index in [0.717, 1.165) is 6.54 Å². The summed E-state index contributed by atoms with van der Waals surface area (Å²) in [7, 11) is -2.85. The van der Waals surface area contributed by atoms with Crippen molar-refractivity contribution < 1.29 is 8.42 Å². The Kier molecular flexibility index (Phi) is 4.96. The van der Waals surface area contributed by atoms with Crippen LogP contribution in [0.15, 0.2) is 30.3 Å². The Labute approximate surface area is 97.8 Å². The van der Waals surface area contributed by atoms with Gasteiger partial charge in [-0.25, -0.2) is 8.42 Å². The van der Waals surface area contributed by atoms with E-state index in [9.17, 15) is 8.42 Å². The van der Waals surface area contributed by atoms with Gasteiger partial charge in [0, 0.05) is 19.3 Å². The number of hydrogen-bond donors (Lipinski definition) is 1. The molecule has 16 heavy (non-hydrogen) atoms. The van der Waals surface area contributed by atoms with E-state index in [4.69, 9.17) is 0 Å². The minimum atomic E-state index is -2.85. The van der Waals surface area contributed by atoms with Crippen LogP contribution in [-0.4, -0.2) is 33.5 Å². The molecular formula is C12H19NO2S. The Balaban J connectivity index is 2.29. The van der Waals surface area contributed by atoms with Gasteiger partial charge in [-0.15, -0.1) is 0 Å². The van der Waals surface area contributed by atoms with Gasteiger partial charge in [-0.05, 0) is 11.5 Å². The molecule has 1 atom stereocenters. The van der Waals surface area contributed by atoms with E-state index in [1.54, 1.807) is 0 Å². The Bertz CT molecular complexity index is 400. The van der Waals surface area contributed by atoms with E-state index in [1.165, 1.54) is 11.8 Å². The molecule has 1 aromatic carbocycles. The van der Waals surface area contributed by atoms with Crippen LogP contribution in [0, 0.1) is 0 Å². The molecule has 1 unspecified atom stereocenters. The Morgan fingerprint density at radius 1 is 1.25 bits per heavy atom. The molecule has 0 aliphatic carbocycles. The Morgan fingerprint density at radius 2 is 1.88 bits per heavy atom. The summed E-state index contributed by atoms with van der Waals surface area (Å²) in [6.07, 6.45) is 1.26. The van der Waals surface area contributed by atoms with Crippen LogP contribution in [0.5, 0.6) is 0 Å². The van der Waals surface area contributed by atoms with Gasteiger partial charge >= 0.3 is 0 Å². The standard InChI is InChI=1S/C12H19NO2S/c1-11(12-6-4-3-5-7-12)10-13-8-9-16(2,14)15/h3-7,11,13H,8-10H2,1-2H3. The quantitative estimate of drug-likeness (QED) is 0.766. The van der Waals surface area contributed by atoms with Crippen LogP contribution in [-0.2, 0) is 9.84 Å². The summed E-state index contributed by atoms with van der Waals surface area (Å²) in [5.41, 5.74) is 1.27. The normalized spacial score (nSPS) is 13.6. The predicted molar refractivity (Wildman–Crippen MR) is 67.4 cm³/mol. The summed E-state index contributed by atoms with van der Waals surface area (Å²) < 4.78 is 21.8. The summed E-state index contributed by atoms with van der Waals surface area (Å²) in [6, 6.07) is 10.2. The lowest BCUT2D eigenvalue weighted by atomic mass is 10.0. The number of sulfone groups is 1. The average molecular weight is 241 g/mol. The fourth-order valence-electron chi connectivity index (χ4n) is 1.48. The molecular weight excluding hydrogens is 222 g/mol. The third kappa shape index (κ3) is 5.28. The number of nitrogens with one attached hydrogen (secondary N) is 1. The molecule has 0 heterocycles. The lowest BCUT2D eigenvalue weighted by molar-refractivity contribution is 0.590. The van der Waals surface area contributed by atoms with Gasteiger partial charge in [0.05, 0.1) is 5.75 Å². The molecule has 1 rings (SSSR count). The minimum Gasteiger partial charge on any atom is -0.315 e. The van der Waals surface area contributed by atoms with Gasteiger partial charge in [-0.1, -0.05) is 37.3 Å². The van der Waals surface area contributed by atoms with Crippen LogP contribution >= 0.6 is 0 Å². The highest BCUT2D eigenvalue weighted by Crippen LogP contribution is 2.12. The van der Waals surface area contributed by atoms with Crippen LogP contribution in [0.3, 0.4) is 0 Å². The molecule has 0 saturated carbocycles. The van der Waals surface area contributed by atoms with Gasteiger partial charge in [-0.3, -0.25) is 0 Å². The van der Waals surface area contributed by atoms with Crippen molar-refractivity contribution >= 4 is 9.84 Å². The molecule has 4 heteroatoms.